The molecule has 0 aromatic heterocycles. The predicted octanol–water partition coefficient (Wildman–Crippen LogP) is 1.16. The highest BCUT2D eigenvalue weighted by atomic mass is 16.5. The number of carbonyl (C=O) groups is 1. The molecule has 2 aliphatic carbocycles. The van der Waals surface area contributed by atoms with Crippen LogP contribution >= 0.6 is 0 Å². The fourth-order valence-electron chi connectivity index (χ4n) is 4.15. The summed E-state index contributed by atoms with van der Waals surface area (Å²) in [5.41, 5.74) is -0.677. The third-order valence-electron chi connectivity index (χ3n) is 5.36. The molecular weight excluding hydrogens is 220 g/mol. The molecule has 0 amide bonds. The van der Waals surface area contributed by atoms with Gasteiger partial charge in [-0.05, 0) is 36.5 Å². The zero-order valence-corrected chi connectivity index (χ0v) is 10.7. The molecule has 0 aromatic rings. The van der Waals surface area contributed by atoms with E-state index in [2.05, 4.69) is 13.8 Å². The lowest BCUT2D eigenvalue weighted by Gasteiger charge is -2.43. The van der Waals surface area contributed by atoms with Gasteiger partial charge in [0.25, 0.3) is 0 Å². The Morgan fingerprint density at radius 3 is 2.47 bits per heavy atom. The first-order valence-corrected chi connectivity index (χ1v) is 6.35. The average Bonchev–Trinajstić information content (AvgIpc) is 2.78. The van der Waals surface area contributed by atoms with Crippen LogP contribution < -0.4 is 0 Å². The van der Waals surface area contributed by atoms with Crippen molar-refractivity contribution in [1.29, 1.82) is 0 Å². The van der Waals surface area contributed by atoms with Crippen molar-refractivity contribution < 1.29 is 19.7 Å². The normalized spacial score (nSPS) is 44.4. The maximum atomic E-state index is 11.5. The summed E-state index contributed by atoms with van der Waals surface area (Å²) >= 11 is 0. The number of ether oxygens (including phenoxy) is 1. The minimum absolute atomic E-state index is 0.124. The Kier molecular flexibility index (Phi) is 3.21. The summed E-state index contributed by atoms with van der Waals surface area (Å²) in [4.78, 5) is 11.5. The molecule has 5 unspecified atom stereocenters. The Balaban J connectivity index is 2.23. The number of hydrogen-bond donors (Lipinski definition) is 2. The van der Waals surface area contributed by atoms with Crippen LogP contribution in [0.3, 0.4) is 0 Å². The van der Waals surface area contributed by atoms with Gasteiger partial charge in [0.1, 0.15) is 0 Å². The van der Waals surface area contributed by atoms with Crippen LogP contribution in [0.25, 0.3) is 0 Å². The lowest BCUT2D eigenvalue weighted by Crippen LogP contribution is -2.46. The van der Waals surface area contributed by atoms with Crippen LogP contribution in [0.4, 0.5) is 0 Å². The van der Waals surface area contributed by atoms with E-state index in [1.54, 1.807) is 0 Å². The van der Waals surface area contributed by atoms with Crippen LogP contribution in [0.1, 0.15) is 33.1 Å². The summed E-state index contributed by atoms with van der Waals surface area (Å²) in [5.74, 6) is 1.46. The highest BCUT2D eigenvalue weighted by molar-refractivity contribution is 5.70. The van der Waals surface area contributed by atoms with Gasteiger partial charge in [0.15, 0.2) is 6.29 Å². The molecule has 4 heteroatoms. The van der Waals surface area contributed by atoms with E-state index in [-0.39, 0.29) is 18.3 Å². The van der Waals surface area contributed by atoms with Crippen molar-refractivity contribution in [1.82, 2.24) is 0 Å². The number of methoxy groups -OCH3 is 1. The first-order chi connectivity index (χ1) is 7.92. The van der Waals surface area contributed by atoms with Crippen LogP contribution in [-0.4, -0.2) is 29.6 Å². The summed E-state index contributed by atoms with van der Waals surface area (Å²) in [7, 11) is 1.35. The standard InChI is InChI=1S/C13H22O4/c1-7-8(2)10-4-9(7)5-13(10,12(15)16)6-11(14)17-3/h7-10,12,15-16H,4-6H2,1-3H3. The molecule has 2 rings (SSSR count). The van der Waals surface area contributed by atoms with Gasteiger partial charge in [0.2, 0.25) is 0 Å². The fraction of sp³-hybridized carbons (Fsp3) is 0.923. The molecule has 0 aromatic carbocycles. The molecule has 2 aliphatic rings. The van der Waals surface area contributed by atoms with Crippen molar-refractivity contribution in [2.24, 2.45) is 29.1 Å². The monoisotopic (exact) mass is 242 g/mol. The van der Waals surface area contributed by atoms with Crippen LogP contribution in [-0.2, 0) is 9.53 Å². The van der Waals surface area contributed by atoms with E-state index >= 15 is 0 Å². The van der Waals surface area contributed by atoms with Gasteiger partial charge in [-0.25, -0.2) is 0 Å². The Morgan fingerprint density at radius 1 is 1.41 bits per heavy atom. The Morgan fingerprint density at radius 2 is 2.06 bits per heavy atom. The lowest BCUT2D eigenvalue weighted by molar-refractivity contribution is -0.183. The zero-order valence-electron chi connectivity index (χ0n) is 10.7. The Bertz CT molecular complexity index is 313. The van der Waals surface area contributed by atoms with Gasteiger partial charge < -0.3 is 14.9 Å². The van der Waals surface area contributed by atoms with E-state index in [1.165, 1.54) is 7.11 Å². The number of hydrogen-bond acceptors (Lipinski definition) is 4. The second-order valence-corrected chi connectivity index (χ2v) is 5.88. The third-order valence-corrected chi connectivity index (χ3v) is 5.36. The molecule has 4 nitrogen and oxygen atoms in total. The molecule has 0 spiro atoms. The van der Waals surface area contributed by atoms with Crippen molar-refractivity contribution in [2.75, 3.05) is 7.11 Å². The van der Waals surface area contributed by atoms with Gasteiger partial charge in [-0.15, -0.1) is 0 Å². The summed E-state index contributed by atoms with van der Waals surface area (Å²) in [6, 6.07) is 0. The molecule has 2 N–H and O–H groups in total. The second kappa shape index (κ2) is 4.25. The molecule has 0 saturated heterocycles. The molecule has 2 fully saturated rings. The number of rotatable bonds is 3. The lowest BCUT2D eigenvalue weighted by atomic mass is 9.63. The topological polar surface area (TPSA) is 66.8 Å². The summed E-state index contributed by atoms with van der Waals surface area (Å²) in [6.07, 6.45) is 0.443. The number of aliphatic hydroxyl groups is 2. The maximum Gasteiger partial charge on any atom is 0.306 e. The van der Waals surface area contributed by atoms with E-state index in [0.29, 0.717) is 17.8 Å². The molecule has 17 heavy (non-hydrogen) atoms. The average molecular weight is 242 g/mol. The van der Waals surface area contributed by atoms with Crippen molar-refractivity contribution >= 4 is 5.97 Å². The van der Waals surface area contributed by atoms with Crippen LogP contribution in [0.5, 0.6) is 0 Å². The highest BCUT2D eigenvalue weighted by Crippen LogP contribution is 2.63. The first-order valence-electron chi connectivity index (χ1n) is 6.35. The third kappa shape index (κ3) is 1.78. The van der Waals surface area contributed by atoms with Crippen molar-refractivity contribution in [3.8, 4) is 0 Å². The summed E-state index contributed by atoms with van der Waals surface area (Å²) in [6.45, 7) is 4.38. The van der Waals surface area contributed by atoms with Crippen LogP contribution in [0.2, 0.25) is 0 Å². The van der Waals surface area contributed by atoms with Gasteiger partial charge in [-0.2, -0.15) is 0 Å². The molecule has 0 radical (unpaired) electrons. The van der Waals surface area contributed by atoms with Gasteiger partial charge in [0.05, 0.1) is 13.5 Å². The smallest absolute Gasteiger partial charge is 0.306 e. The largest absolute Gasteiger partial charge is 0.469 e. The number of aliphatic hydroxyl groups excluding tert-OH is 1. The summed E-state index contributed by atoms with van der Waals surface area (Å²) < 4.78 is 4.70. The van der Waals surface area contributed by atoms with E-state index < -0.39 is 11.7 Å². The van der Waals surface area contributed by atoms with E-state index in [4.69, 9.17) is 4.74 Å². The van der Waals surface area contributed by atoms with E-state index in [0.717, 1.165) is 12.8 Å². The first kappa shape index (κ1) is 12.8. The van der Waals surface area contributed by atoms with E-state index in [9.17, 15) is 15.0 Å². The summed E-state index contributed by atoms with van der Waals surface area (Å²) in [5, 5.41) is 19.4. The fourth-order valence-corrected chi connectivity index (χ4v) is 4.15. The molecule has 0 aliphatic heterocycles. The molecule has 2 saturated carbocycles. The minimum Gasteiger partial charge on any atom is -0.469 e. The Labute approximate surface area is 102 Å². The van der Waals surface area contributed by atoms with Crippen molar-refractivity contribution in [3.63, 3.8) is 0 Å². The molecule has 2 bridgehead atoms. The van der Waals surface area contributed by atoms with Gasteiger partial charge in [-0.1, -0.05) is 13.8 Å². The number of fused-ring (bicyclic) bond motifs is 2. The van der Waals surface area contributed by atoms with Gasteiger partial charge in [-0.3, -0.25) is 4.79 Å². The van der Waals surface area contributed by atoms with Crippen LogP contribution in [0.15, 0.2) is 0 Å². The van der Waals surface area contributed by atoms with Crippen molar-refractivity contribution in [2.45, 2.75) is 39.4 Å². The molecule has 5 atom stereocenters. The highest BCUT2D eigenvalue weighted by Gasteiger charge is 2.60. The molecular formula is C13H22O4. The van der Waals surface area contributed by atoms with Gasteiger partial charge >= 0.3 is 5.97 Å². The minimum atomic E-state index is -1.42. The van der Waals surface area contributed by atoms with Crippen LogP contribution in [0, 0.1) is 29.1 Å². The Hall–Kier alpha value is -0.610. The molecule has 0 heterocycles. The van der Waals surface area contributed by atoms with Crippen molar-refractivity contribution in [3.05, 3.63) is 0 Å². The second-order valence-electron chi connectivity index (χ2n) is 5.88. The zero-order chi connectivity index (χ0) is 12.8. The SMILES string of the molecule is COC(=O)CC1(C(O)O)CC2CC1C(C)C2C. The van der Waals surface area contributed by atoms with Gasteiger partial charge in [0, 0.05) is 5.41 Å². The predicted molar refractivity (Wildman–Crippen MR) is 61.8 cm³/mol. The number of esters is 1. The molecule has 98 valence electrons. The quantitative estimate of drug-likeness (QED) is 0.575. The number of carbonyl (C=O) groups excluding carboxylic acids is 1. The van der Waals surface area contributed by atoms with E-state index in [1.807, 2.05) is 0 Å². The maximum absolute atomic E-state index is 11.5.